The SMILES string of the molecule is Cc1c(C#N)ccnc1N[C@@H]1CC[C@@H](C)N(C(=O)OCc2ccccc2)C1. The summed E-state index contributed by atoms with van der Waals surface area (Å²) in [6.45, 7) is 4.74. The molecule has 27 heavy (non-hydrogen) atoms. The summed E-state index contributed by atoms with van der Waals surface area (Å²) in [6.07, 6.45) is 3.15. The molecule has 1 fully saturated rings. The van der Waals surface area contributed by atoms with Crippen molar-refractivity contribution in [2.75, 3.05) is 11.9 Å². The zero-order chi connectivity index (χ0) is 19.2. The van der Waals surface area contributed by atoms with E-state index in [4.69, 9.17) is 4.74 Å². The number of hydrogen-bond acceptors (Lipinski definition) is 5. The summed E-state index contributed by atoms with van der Waals surface area (Å²) in [5.41, 5.74) is 2.41. The van der Waals surface area contributed by atoms with Gasteiger partial charge in [0.15, 0.2) is 0 Å². The van der Waals surface area contributed by atoms with Gasteiger partial charge in [-0.15, -0.1) is 0 Å². The number of piperidine rings is 1. The standard InChI is InChI=1S/C21H24N4O2/c1-15-8-9-19(24-20-16(2)18(12-22)10-11-23-20)13-25(15)21(26)27-14-17-6-4-3-5-7-17/h3-7,10-11,15,19H,8-9,13-14H2,1-2H3,(H,23,24)/t15-,19-/m1/s1. The maximum atomic E-state index is 12.6. The van der Waals surface area contributed by atoms with Crippen molar-refractivity contribution in [3.63, 3.8) is 0 Å². The summed E-state index contributed by atoms with van der Waals surface area (Å²) in [7, 11) is 0. The highest BCUT2D eigenvalue weighted by Gasteiger charge is 2.30. The smallest absolute Gasteiger partial charge is 0.410 e. The molecule has 1 aromatic carbocycles. The molecule has 1 N–H and O–H groups in total. The van der Waals surface area contributed by atoms with Gasteiger partial charge in [0.2, 0.25) is 0 Å². The summed E-state index contributed by atoms with van der Waals surface area (Å²) >= 11 is 0. The summed E-state index contributed by atoms with van der Waals surface area (Å²) in [5.74, 6) is 0.700. The molecule has 0 spiro atoms. The molecule has 2 heterocycles. The van der Waals surface area contributed by atoms with Crippen LogP contribution in [-0.4, -0.2) is 34.6 Å². The summed E-state index contributed by atoms with van der Waals surface area (Å²) in [5, 5.41) is 12.6. The number of aromatic nitrogens is 1. The van der Waals surface area contributed by atoms with Crippen LogP contribution in [0, 0.1) is 18.3 Å². The van der Waals surface area contributed by atoms with Crippen LogP contribution >= 0.6 is 0 Å². The van der Waals surface area contributed by atoms with E-state index in [1.165, 1.54) is 0 Å². The van der Waals surface area contributed by atoms with Gasteiger partial charge in [0.25, 0.3) is 0 Å². The van der Waals surface area contributed by atoms with Crippen LogP contribution in [0.5, 0.6) is 0 Å². The van der Waals surface area contributed by atoms with E-state index in [2.05, 4.69) is 16.4 Å². The van der Waals surface area contributed by atoms with Crippen LogP contribution in [0.25, 0.3) is 0 Å². The number of benzene rings is 1. The predicted molar refractivity (Wildman–Crippen MR) is 103 cm³/mol. The molecule has 1 saturated heterocycles. The van der Waals surface area contributed by atoms with E-state index < -0.39 is 0 Å². The van der Waals surface area contributed by atoms with Crippen molar-refractivity contribution in [2.45, 2.75) is 45.4 Å². The number of carbonyl (C=O) groups excluding carboxylic acids is 1. The fraction of sp³-hybridized carbons (Fsp3) is 0.381. The molecule has 0 aliphatic carbocycles. The number of nitrogens with zero attached hydrogens (tertiary/aromatic N) is 3. The second kappa shape index (κ2) is 8.54. The first kappa shape index (κ1) is 18.7. The second-order valence-corrected chi connectivity index (χ2v) is 6.90. The van der Waals surface area contributed by atoms with Crippen LogP contribution in [0.2, 0.25) is 0 Å². The van der Waals surface area contributed by atoms with E-state index in [0.29, 0.717) is 17.9 Å². The quantitative estimate of drug-likeness (QED) is 0.891. The predicted octanol–water partition coefficient (Wildman–Crippen LogP) is 3.86. The molecule has 3 rings (SSSR count). The van der Waals surface area contributed by atoms with Crippen LogP contribution < -0.4 is 5.32 Å². The summed E-state index contributed by atoms with van der Waals surface area (Å²) in [4.78, 5) is 18.7. The van der Waals surface area contributed by atoms with Crippen molar-refractivity contribution in [2.24, 2.45) is 0 Å². The molecular formula is C21H24N4O2. The Morgan fingerprint density at radius 2 is 2.11 bits per heavy atom. The molecule has 0 bridgehead atoms. The Morgan fingerprint density at radius 1 is 1.33 bits per heavy atom. The van der Waals surface area contributed by atoms with Crippen molar-refractivity contribution in [1.82, 2.24) is 9.88 Å². The Kier molecular flexibility index (Phi) is 5.92. The molecule has 6 nitrogen and oxygen atoms in total. The number of anilines is 1. The highest BCUT2D eigenvalue weighted by Crippen LogP contribution is 2.23. The Labute approximate surface area is 159 Å². The Hall–Kier alpha value is -3.07. The largest absolute Gasteiger partial charge is 0.445 e. The number of nitriles is 1. The van der Waals surface area contributed by atoms with Crippen LogP contribution in [0.15, 0.2) is 42.6 Å². The Morgan fingerprint density at radius 3 is 2.85 bits per heavy atom. The molecule has 1 aromatic heterocycles. The third-order valence-electron chi connectivity index (χ3n) is 4.99. The van der Waals surface area contributed by atoms with E-state index in [-0.39, 0.29) is 24.8 Å². The summed E-state index contributed by atoms with van der Waals surface area (Å²) < 4.78 is 5.50. The van der Waals surface area contributed by atoms with Crippen LogP contribution in [-0.2, 0) is 11.3 Å². The molecule has 0 saturated carbocycles. The van der Waals surface area contributed by atoms with Gasteiger partial charge in [0.1, 0.15) is 12.4 Å². The lowest BCUT2D eigenvalue weighted by atomic mass is 9.99. The number of carbonyl (C=O) groups is 1. The summed E-state index contributed by atoms with van der Waals surface area (Å²) in [6, 6.07) is 13.8. The van der Waals surface area contributed by atoms with E-state index >= 15 is 0 Å². The third-order valence-corrected chi connectivity index (χ3v) is 4.99. The van der Waals surface area contributed by atoms with Crippen molar-refractivity contribution in [1.29, 1.82) is 5.26 Å². The number of hydrogen-bond donors (Lipinski definition) is 1. The topological polar surface area (TPSA) is 78.3 Å². The first-order valence-corrected chi connectivity index (χ1v) is 9.18. The average Bonchev–Trinajstić information content (AvgIpc) is 2.70. The van der Waals surface area contributed by atoms with Gasteiger partial charge >= 0.3 is 6.09 Å². The molecule has 1 aliphatic heterocycles. The van der Waals surface area contributed by atoms with Gasteiger partial charge in [-0.1, -0.05) is 30.3 Å². The third kappa shape index (κ3) is 4.56. The van der Waals surface area contributed by atoms with Gasteiger partial charge in [-0.05, 0) is 38.3 Å². The van der Waals surface area contributed by atoms with E-state index in [0.717, 1.165) is 24.0 Å². The van der Waals surface area contributed by atoms with Gasteiger partial charge in [-0.3, -0.25) is 0 Å². The fourth-order valence-corrected chi connectivity index (χ4v) is 3.28. The molecule has 2 aromatic rings. The molecule has 1 aliphatic rings. The van der Waals surface area contributed by atoms with Gasteiger partial charge in [0.05, 0.1) is 11.6 Å². The lowest BCUT2D eigenvalue weighted by molar-refractivity contribution is 0.0696. The number of ether oxygens (including phenoxy) is 1. The lowest BCUT2D eigenvalue weighted by Crippen LogP contribution is -2.50. The van der Waals surface area contributed by atoms with Crippen LogP contribution in [0.3, 0.4) is 0 Å². The molecule has 1 amide bonds. The van der Waals surface area contributed by atoms with E-state index in [1.807, 2.05) is 44.2 Å². The molecular weight excluding hydrogens is 340 g/mol. The highest BCUT2D eigenvalue weighted by atomic mass is 16.6. The Bertz CT molecular complexity index is 832. The van der Waals surface area contributed by atoms with Gasteiger partial charge in [-0.2, -0.15) is 5.26 Å². The lowest BCUT2D eigenvalue weighted by Gasteiger charge is -2.37. The number of pyridine rings is 1. The fourth-order valence-electron chi connectivity index (χ4n) is 3.28. The van der Waals surface area contributed by atoms with E-state index in [1.54, 1.807) is 17.2 Å². The normalized spacial score (nSPS) is 19.2. The average molecular weight is 364 g/mol. The minimum absolute atomic E-state index is 0.0746. The molecule has 2 atom stereocenters. The zero-order valence-corrected chi connectivity index (χ0v) is 15.7. The zero-order valence-electron chi connectivity index (χ0n) is 15.7. The molecule has 0 unspecified atom stereocenters. The van der Waals surface area contributed by atoms with Crippen molar-refractivity contribution < 1.29 is 9.53 Å². The number of likely N-dealkylation sites (tertiary alicyclic amines) is 1. The minimum Gasteiger partial charge on any atom is -0.445 e. The maximum Gasteiger partial charge on any atom is 0.410 e. The molecule has 0 radical (unpaired) electrons. The highest BCUT2D eigenvalue weighted by molar-refractivity contribution is 5.68. The molecule has 140 valence electrons. The first-order valence-electron chi connectivity index (χ1n) is 9.18. The van der Waals surface area contributed by atoms with Gasteiger partial charge in [-0.25, -0.2) is 9.78 Å². The second-order valence-electron chi connectivity index (χ2n) is 6.90. The van der Waals surface area contributed by atoms with Gasteiger partial charge in [0, 0.05) is 30.4 Å². The first-order chi connectivity index (χ1) is 13.1. The van der Waals surface area contributed by atoms with E-state index in [9.17, 15) is 10.1 Å². The minimum atomic E-state index is -0.298. The van der Waals surface area contributed by atoms with Crippen molar-refractivity contribution in [3.05, 3.63) is 59.3 Å². The maximum absolute atomic E-state index is 12.6. The van der Waals surface area contributed by atoms with Gasteiger partial charge < -0.3 is 15.0 Å². The number of amides is 1. The Balaban J connectivity index is 1.62. The van der Waals surface area contributed by atoms with Crippen LogP contribution in [0.1, 0.15) is 36.5 Å². The molecule has 6 heteroatoms. The number of nitrogens with one attached hydrogen (secondary N) is 1. The number of rotatable bonds is 4. The monoisotopic (exact) mass is 364 g/mol. The van der Waals surface area contributed by atoms with Crippen molar-refractivity contribution >= 4 is 11.9 Å². The van der Waals surface area contributed by atoms with Crippen LogP contribution in [0.4, 0.5) is 10.6 Å². The van der Waals surface area contributed by atoms with Crippen molar-refractivity contribution in [3.8, 4) is 6.07 Å².